The molecule has 9 rings (SSSR count). The Labute approximate surface area is 253 Å². The van der Waals surface area contributed by atoms with Crippen LogP contribution in [0.3, 0.4) is 0 Å². The van der Waals surface area contributed by atoms with Gasteiger partial charge in [-0.05, 0) is 76.3 Å². The molecule has 0 amide bonds. The van der Waals surface area contributed by atoms with Gasteiger partial charge in [0, 0.05) is 21.9 Å². The molecule has 3 atom stereocenters. The Morgan fingerprint density at radius 2 is 1.05 bits per heavy atom. The summed E-state index contributed by atoms with van der Waals surface area (Å²) < 4.78 is 40.8. The highest BCUT2D eigenvalue weighted by Gasteiger charge is 2.26. The van der Waals surface area contributed by atoms with Gasteiger partial charge < -0.3 is 32.8 Å². The lowest BCUT2D eigenvalue weighted by Crippen LogP contribution is -2.03. The van der Waals surface area contributed by atoms with Gasteiger partial charge in [0.15, 0.2) is 0 Å². The minimum Gasteiger partial charge on any atom is -0.491 e. The summed E-state index contributed by atoms with van der Waals surface area (Å²) in [4.78, 5) is 0. The predicted molar refractivity (Wildman–Crippen MR) is 168 cm³/mol. The summed E-state index contributed by atoms with van der Waals surface area (Å²) in [6.45, 7) is 3.98. The summed E-state index contributed by atoms with van der Waals surface area (Å²) in [5.74, 6) is 3.26. The molecule has 7 nitrogen and oxygen atoms in total. The van der Waals surface area contributed by atoms with Gasteiger partial charge in [-0.2, -0.15) is 0 Å². The van der Waals surface area contributed by atoms with Crippen molar-refractivity contribution in [2.24, 2.45) is 0 Å². The second kappa shape index (κ2) is 10.6. The Hall–Kier alpha value is -4.56. The Morgan fingerprint density at radius 3 is 1.64 bits per heavy atom. The number of hydrogen-bond acceptors (Lipinski definition) is 7. The first kappa shape index (κ1) is 25.9. The van der Waals surface area contributed by atoms with E-state index in [0.717, 1.165) is 92.0 Å². The lowest BCUT2D eigenvalue weighted by Gasteiger charge is -2.11. The van der Waals surface area contributed by atoms with Crippen LogP contribution in [0.4, 0.5) is 0 Å². The first-order chi connectivity index (χ1) is 21.8. The second-order valence-corrected chi connectivity index (χ2v) is 11.6. The zero-order valence-electron chi connectivity index (χ0n) is 24.0. The van der Waals surface area contributed by atoms with Crippen molar-refractivity contribution in [3.05, 3.63) is 91.0 Å². The molecule has 3 aliphatic rings. The maximum atomic E-state index is 6.89. The zero-order valence-corrected chi connectivity index (χ0v) is 24.0. The molecule has 0 bridgehead atoms. The van der Waals surface area contributed by atoms with Crippen molar-refractivity contribution in [3.8, 4) is 39.7 Å². The van der Waals surface area contributed by atoms with Gasteiger partial charge in [-0.25, -0.2) is 0 Å². The molecule has 3 saturated heterocycles. The van der Waals surface area contributed by atoms with Crippen molar-refractivity contribution in [1.82, 2.24) is 0 Å². The van der Waals surface area contributed by atoms with E-state index in [4.69, 9.17) is 32.8 Å². The van der Waals surface area contributed by atoms with Crippen LogP contribution < -0.4 is 14.2 Å². The van der Waals surface area contributed by atoms with Gasteiger partial charge in [0.2, 0.25) is 0 Å². The molecule has 220 valence electrons. The highest BCUT2D eigenvalue weighted by Crippen LogP contribution is 2.48. The molecule has 3 fully saturated rings. The fraction of sp³-hybridized carbons (Fsp3) is 0.243. The summed E-state index contributed by atoms with van der Waals surface area (Å²) in [7, 11) is 0. The monoisotopic (exact) mass is 586 g/mol. The molecule has 0 N–H and O–H groups in total. The van der Waals surface area contributed by atoms with Crippen molar-refractivity contribution in [1.29, 1.82) is 0 Å². The van der Waals surface area contributed by atoms with E-state index in [9.17, 15) is 0 Å². The van der Waals surface area contributed by atoms with E-state index in [0.29, 0.717) is 19.8 Å². The SMILES string of the molecule is c1ccc2c(c1)c1cc(OCC3CO3)ccc1c1c(-c3ccc(OCC4CO4)cc3)c(-c3ccc(OCC4CO4)cc3)oc21. The van der Waals surface area contributed by atoms with Crippen LogP contribution in [0.15, 0.2) is 95.4 Å². The second-order valence-electron chi connectivity index (χ2n) is 11.6. The quantitative estimate of drug-likeness (QED) is 0.116. The molecule has 7 heteroatoms. The zero-order chi connectivity index (χ0) is 29.0. The predicted octanol–water partition coefficient (Wildman–Crippen LogP) is 7.41. The van der Waals surface area contributed by atoms with Gasteiger partial charge in [-0.1, -0.05) is 36.4 Å². The van der Waals surface area contributed by atoms with Crippen molar-refractivity contribution in [2.45, 2.75) is 18.3 Å². The number of furan rings is 1. The average molecular weight is 587 g/mol. The topological polar surface area (TPSA) is 78.4 Å². The maximum absolute atomic E-state index is 6.89. The first-order valence-electron chi connectivity index (χ1n) is 15.1. The third-order valence-electron chi connectivity index (χ3n) is 8.40. The van der Waals surface area contributed by atoms with Crippen LogP contribution in [0, 0.1) is 0 Å². The smallest absolute Gasteiger partial charge is 0.143 e. The van der Waals surface area contributed by atoms with Crippen LogP contribution in [0.1, 0.15) is 0 Å². The van der Waals surface area contributed by atoms with Crippen molar-refractivity contribution in [3.63, 3.8) is 0 Å². The molecular formula is C37H30O7. The van der Waals surface area contributed by atoms with Crippen LogP contribution in [-0.4, -0.2) is 58.0 Å². The Kier molecular flexibility index (Phi) is 6.21. The molecule has 44 heavy (non-hydrogen) atoms. The molecule has 0 spiro atoms. The third-order valence-corrected chi connectivity index (χ3v) is 8.40. The first-order valence-corrected chi connectivity index (χ1v) is 15.1. The van der Waals surface area contributed by atoms with Crippen molar-refractivity contribution >= 4 is 32.5 Å². The van der Waals surface area contributed by atoms with Crippen LogP contribution in [0.2, 0.25) is 0 Å². The average Bonchev–Trinajstić information content (AvgIpc) is 3.94. The number of fused-ring (bicyclic) bond motifs is 6. The fourth-order valence-corrected chi connectivity index (χ4v) is 5.81. The van der Waals surface area contributed by atoms with E-state index in [1.54, 1.807) is 0 Å². The number of epoxide rings is 3. The van der Waals surface area contributed by atoms with Gasteiger partial charge in [0.1, 0.15) is 66.7 Å². The Morgan fingerprint density at radius 1 is 0.523 bits per heavy atom. The maximum Gasteiger partial charge on any atom is 0.143 e. The summed E-state index contributed by atoms with van der Waals surface area (Å²) in [6.07, 6.45) is 0.596. The molecule has 5 aromatic carbocycles. The highest BCUT2D eigenvalue weighted by molar-refractivity contribution is 6.28. The van der Waals surface area contributed by atoms with Gasteiger partial charge in [-0.3, -0.25) is 0 Å². The van der Waals surface area contributed by atoms with Gasteiger partial charge in [0.25, 0.3) is 0 Å². The van der Waals surface area contributed by atoms with Crippen LogP contribution in [-0.2, 0) is 14.2 Å². The van der Waals surface area contributed by atoms with E-state index in [2.05, 4.69) is 60.7 Å². The molecular weight excluding hydrogens is 556 g/mol. The normalized spacial score (nSPS) is 20.2. The molecule has 1 aromatic heterocycles. The van der Waals surface area contributed by atoms with Gasteiger partial charge >= 0.3 is 0 Å². The van der Waals surface area contributed by atoms with E-state index >= 15 is 0 Å². The highest BCUT2D eigenvalue weighted by atomic mass is 16.6. The number of ether oxygens (including phenoxy) is 6. The Bertz CT molecular complexity index is 1980. The lowest BCUT2D eigenvalue weighted by atomic mass is 9.92. The van der Waals surface area contributed by atoms with Gasteiger partial charge in [0.05, 0.1) is 19.8 Å². The summed E-state index contributed by atoms with van der Waals surface area (Å²) in [5, 5.41) is 5.46. The molecule has 4 heterocycles. The van der Waals surface area contributed by atoms with Crippen LogP contribution in [0.5, 0.6) is 17.2 Å². The van der Waals surface area contributed by atoms with Gasteiger partial charge in [-0.15, -0.1) is 0 Å². The minimum atomic E-state index is 0.190. The van der Waals surface area contributed by atoms with E-state index in [1.807, 2.05) is 30.3 Å². The van der Waals surface area contributed by atoms with E-state index < -0.39 is 0 Å². The standard InChI is InChI=1S/C37H30O7/c1-2-4-32-30(3-1)33-15-26(40-18-29-21-43-29)13-14-31(33)35-34(22-5-9-24(10-6-22)38-16-27-19-41-27)36(44-37(32)35)23-7-11-25(12-8-23)39-17-28-20-42-28/h1-15,27-29H,16-21H2. The van der Waals surface area contributed by atoms with Crippen molar-refractivity contribution in [2.75, 3.05) is 39.6 Å². The van der Waals surface area contributed by atoms with Crippen LogP contribution in [0.25, 0.3) is 55.0 Å². The van der Waals surface area contributed by atoms with Crippen molar-refractivity contribution < 1.29 is 32.8 Å². The number of benzene rings is 5. The third kappa shape index (κ3) is 5.03. The number of rotatable bonds is 11. The molecule has 3 aliphatic heterocycles. The van der Waals surface area contributed by atoms with E-state index in [1.165, 1.54) is 0 Å². The molecule has 0 radical (unpaired) electrons. The fourth-order valence-electron chi connectivity index (χ4n) is 5.81. The summed E-state index contributed by atoms with van der Waals surface area (Å²) in [6, 6.07) is 31.1. The van der Waals surface area contributed by atoms with Crippen LogP contribution >= 0.6 is 0 Å². The molecule has 0 saturated carbocycles. The largest absolute Gasteiger partial charge is 0.491 e. The summed E-state index contributed by atoms with van der Waals surface area (Å²) in [5.41, 5.74) is 3.91. The summed E-state index contributed by atoms with van der Waals surface area (Å²) >= 11 is 0. The van der Waals surface area contributed by atoms with E-state index in [-0.39, 0.29) is 18.3 Å². The Balaban J connectivity index is 1.21. The molecule has 6 aromatic rings. The molecule has 3 unspecified atom stereocenters. The molecule has 0 aliphatic carbocycles. The lowest BCUT2D eigenvalue weighted by molar-refractivity contribution is 0.263. The number of hydrogen-bond donors (Lipinski definition) is 0. The minimum absolute atomic E-state index is 0.190.